The molecule has 214 valence electrons. The van der Waals surface area contributed by atoms with E-state index >= 15 is 0 Å². The van der Waals surface area contributed by atoms with Crippen molar-refractivity contribution in [3.8, 4) is 0 Å². The molecule has 4 aliphatic carbocycles. The van der Waals surface area contributed by atoms with Crippen molar-refractivity contribution in [2.45, 2.75) is 103 Å². The smallest absolute Gasteiger partial charge is 0.393 e. The van der Waals surface area contributed by atoms with Crippen LogP contribution >= 0.6 is 0 Å². The van der Waals surface area contributed by atoms with Gasteiger partial charge in [-0.3, -0.25) is 4.55 Å². The number of rotatable bonds is 7. The largest absolute Gasteiger partial charge is 0.397 e. The number of aliphatic hydroxyl groups is 4. The van der Waals surface area contributed by atoms with Crippen LogP contribution in [0.4, 0.5) is 0 Å². The molecule has 0 aromatic rings. The van der Waals surface area contributed by atoms with Gasteiger partial charge < -0.3 is 20.4 Å². The van der Waals surface area contributed by atoms with Crippen LogP contribution in [0.2, 0.25) is 0 Å². The molecule has 0 aliphatic heterocycles. The third-order valence-corrected chi connectivity index (χ3v) is 12.1. The fourth-order valence-electron chi connectivity index (χ4n) is 9.21. The van der Waals surface area contributed by atoms with E-state index in [1.165, 1.54) is 0 Å². The van der Waals surface area contributed by atoms with Crippen LogP contribution < -0.4 is 0 Å². The van der Waals surface area contributed by atoms with E-state index in [4.69, 9.17) is 4.55 Å². The van der Waals surface area contributed by atoms with Crippen LogP contribution in [-0.2, 0) is 14.6 Å². The summed E-state index contributed by atoms with van der Waals surface area (Å²) in [4.78, 5) is 0. The van der Waals surface area contributed by atoms with Crippen molar-refractivity contribution in [2.75, 3.05) is 6.61 Å². The predicted molar refractivity (Wildman–Crippen MR) is 140 cm³/mol. The molecule has 0 radical (unpaired) electrons. The number of aliphatic hydroxyl groups excluding tert-OH is 3. The van der Waals surface area contributed by atoms with Crippen LogP contribution in [0, 0.1) is 52.3 Å². The normalized spacial score (nSPS) is 48.6. The zero-order valence-electron chi connectivity index (χ0n) is 23.0. The van der Waals surface area contributed by atoms with Gasteiger partial charge in [0.15, 0.2) is 0 Å². The second kappa shape index (κ2) is 10.1. The van der Waals surface area contributed by atoms with E-state index in [0.717, 1.165) is 12.8 Å². The lowest BCUT2D eigenvalue weighted by atomic mass is 9.42. The maximum absolute atomic E-state index is 11.7. The Morgan fingerprint density at radius 3 is 2.35 bits per heavy atom. The Labute approximate surface area is 222 Å². The van der Waals surface area contributed by atoms with E-state index in [2.05, 4.69) is 37.1 Å². The van der Waals surface area contributed by atoms with Crippen LogP contribution in [0.5, 0.6) is 0 Å². The standard InChI is InChI=1S/C28H48O8S/c1-16(18(3)15-36-37(33,34)35)6-7-17(2)22-13-23(30)25-20-12-24(31)28(32)14-19(29)8-11-27(28,5)21(20)9-10-26(22,25)4/h6-7,16-25,29-32H,8-15H2,1-5H3,(H,33,34,35)/b7-6+/t16-,17-,18-,19+,20-,21+,22-,23+,24-,25-,26-,27-,28+/m1/s1. The van der Waals surface area contributed by atoms with Crippen molar-refractivity contribution in [3.05, 3.63) is 12.2 Å². The average Bonchev–Trinajstić information content (AvgIpc) is 3.08. The number of fused-ring (bicyclic) bond motifs is 5. The SMILES string of the molecule is C[C@H](/C=C/[C@@H](C)[C@H]1C[C@H](O)[C@H]2[C@@H]3C[C@@H](O)[C@@]4(O)C[C@@H](O)CC[C@]4(C)[C@H]3CC[C@@]21C)[C@H](C)COS(=O)(=O)O. The highest BCUT2D eigenvalue weighted by atomic mass is 32.3. The van der Waals surface area contributed by atoms with Gasteiger partial charge in [0.05, 0.1) is 30.5 Å². The highest BCUT2D eigenvalue weighted by molar-refractivity contribution is 7.80. The predicted octanol–water partition coefficient (Wildman–Crippen LogP) is 3.35. The quantitative estimate of drug-likeness (QED) is 0.242. The minimum atomic E-state index is -4.45. The van der Waals surface area contributed by atoms with Crippen LogP contribution in [0.25, 0.3) is 0 Å². The van der Waals surface area contributed by atoms with Crippen molar-refractivity contribution >= 4 is 10.4 Å². The van der Waals surface area contributed by atoms with Crippen LogP contribution in [0.15, 0.2) is 12.2 Å². The molecule has 0 aromatic carbocycles. The molecular formula is C28H48O8S. The molecule has 0 bridgehead atoms. The Hall–Kier alpha value is -0.550. The summed E-state index contributed by atoms with van der Waals surface area (Å²) in [7, 11) is -4.45. The lowest BCUT2D eigenvalue weighted by Gasteiger charge is -2.65. The Kier molecular flexibility index (Phi) is 8.06. The summed E-state index contributed by atoms with van der Waals surface area (Å²) in [5, 5.41) is 44.6. The summed E-state index contributed by atoms with van der Waals surface area (Å²) in [6.07, 6.45) is 6.88. The fourth-order valence-corrected chi connectivity index (χ4v) is 9.60. The van der Waals surface area contributed by atoms with Gasteiger partial charge in [-0.1, -0.05) is 46.8 Å². The van der Waals surface area contributed by atoms with E-state index in [-0.39, 0.29) is 59.9 Å². The Balaban J connectivity index is 1.51. The summed E-state index contributed by atoms with van der Waals surface area (Å²) < 4.78 is 35.2. The lowest BCUT2D eigenvalue weighted by molar-refractivity contribution is -0.268. The molecule has 4 aliphatic rings. The number of hydrogen-bond acceptors (Lipinski definition) is 7. The third-order valence-electron chi connectivity index (χ3n) is 11.6. The first kappa shape index (κ1) is 29.4. The topological polar surface area (TPSA) is 145 Å². The maximum atomic E-state index is 11.7. The molecule has 8 nitrogen and oxygen atoms in total. The lowest BCUT2D eigenvalue weighted by Crippen LogP contribution is -2.69. The Morgan fingerprint density at radius 2 is 1.70 bits per heavy atom. The average molecular weight is 545 g/mol. The van der Waals surface area contributed by atoms with E-state index in [0.29, 0.717) is 25.7 Å². The third kappa shape index (κ3) is 5.07. The summed E-state index contributed by atoms with van der Waals surface area (Å²) in [6, 6.07) is 0. The zero-order valence-corrected chi connectivity index (χ0v) is 23.8. The van der Waals surface area contributed by atoms with E-state index in [9.17, 15) is 28.8 Å². The summed E-state index contributed by atoms with van der Waals surface area (Å²) in [5.74, 6) is 0.786. The molecule has 0 unspecified atom stereocenters. The molecule has 9 heteroatoms. The second-order valence-corrected chi connectivity index (χ2v) is 14.6. The van der Waals surface area contributed by atoms with Gasteiger partial charge in [-0.15, -0.1) is 0 Å². The number of hydrogen-bond donors (Lipinski definition) is 5. The van der Waals surface area contributed by atoms with Crippen molar-refractivity contribution in [1.29, 1.82) is 0 Å². The molecular weight excluding hydrogens is 496 g/mol. The molecule has 5 N–H and O–H groups in total. The molecule has 0 amide bonds. The van der Waals surface area contributed by atoms with Crippen LogP contribution in [-0.4, -0.2) is 63.9 Å². The minimum Gasteiger partial charge on any atom is -0.393 e. The molecule has 4 fully saturated rings. The van der Waals surface area contributed by atoms with Crippen molar-refractivity contribution in [1.82, 2.24) is 0 Å². The van der Waals surface area contributed by atoms with Gasteiger partial charge in [0.1, 0.15) is 0 Å². The Morgan fingerprint density at radius 1 is 1.03 bits per heavy atom. The Bertz CT molecular complexity index is 969. The van der Waals surface area contributed by atoms with Gasteiger partial charge in [-0.05, 0) is 85.4 Å². The fraction of sp³-hybridized carbons (Fsp3) is 0.929. The zero-order chi connectivity index (χ0) is 27.6. The highest BCUT2D eigenvalue weighted by Gasteiger charge is 2.68. The van der Waals surface area contributed by atoms with E-state index < -0.39 is 39.7 Å². The second-order valence-electron chi connectivity index (χ2n) is 13.5. The number of allylic oxidation sites excluding steroid dienone is 2. The molecule has 37 heavy (non-hydrogen) atoms. The van der Waals surface area contributed by atoms with Gasteiger partial charge in [0.25, 0.3) is 0 Å². The molecule has 13 atom stereocenters. The van der Waals surface area contributed by atoms with Crippen molar-refractivity contribution < 1.29 is 37.6 Å². The van der Waals surface area contributed by atoms with Gasteiger partial charge in [0.2, 0.25) is 0 Å². The molecule has 0 spiro atoms. The van der Waals surface area contributed by atoms with Crippen LogP contribution in [0.1, 0.15) is 79.6 Å². The van der Waals surface area contributed by atoms with Gasteiger partial charge in [-0.25, -0.2) is 4.18 Å². The first-order chi connectivity index (χ1) is 17.0. The molecule has 4 saturated carbocycles. The summed E-state index contributed by atoms with van der Waals surface area (Å²) in [5.41, 5.74) is -1.85. The van der Waals surface area contributed by atoms with Crippen molar-refractivity contribution in [3.63, 3.8) is 0 Å². The molecule has 0 aromatic heterocycles. The van der Waals surface area contributed by atoms with Crippen molar-refractivity contribution in [2.24, 2.45) is 52.3 Å². The van der Waals surface area contributed by atoms with Gasteiger partial charge in [0, 0.05) is 11.8 Å². The minimum absolute atomic E-state index is 0.0441. The highest BCUT2D eigenvalue weighted by Crippen LogP contribution is 2.69. The van der Waals surface area contributed by atoms with Gasteiger partial charge >= 0.3 is 10.4 Å². The summed E-state index contributed by atoms with van der Waals surface area (Å²) in [6.45, 7) is 10.4. The monoisotopic (exact) mass is 544 g/mol. The maximum Gasteiger partial charge on any atom is 0.397 e. The molecule has 0 saturated heterocycles. The molecule has 0 heterocycles. The van der Waals surface area contributed by atoms with Gasteiger partial charge in [-0.2, -0.15) is 8.42 Å². The molecule has 4 rings (SSSR count). The first-order valence-corrected chi connectivity index (χ1v) is 15.5. The summed E-state index contributed by atoms with van der Waals surface area (Å²) >= 11 is 0. The first-order valence-electron chi connectivity index (χ1n) is 14.1. The van der Waals surface area contributed by atoms with E-state index in [1.807, 2.05) is 13.8 Å². The van der Waals surface area contributed by atoms with E-state index in [1.54, 1.807) is 0 Å². The van der Waals surface area contributed by atoms with Crippen LogP contribution in [0.3, 0.4) is 0 Å².